The highest BCUT2D eigenvalue weighted by Crippen LogP contribution is 2.41. The molecule has 41 heavy (non-hydrogen) atoms. The molecule has 3 aromatic rings. The molecule has 0 aliphatic carbocycles. The van der Waals surface area contributed by atoms with Gasteiger partial charge in [-0.2, -0.15) is 0 Å². The van der Waals surface area contributed by atoms with E-state index in [0.717, 1.165) is 43.0 Å². The van der Waals surface area contributed by atoms with Crippen LogP contribution in [0.1, 0.15) is 50.2 Å². The van der Waals surface area contributed by atoms with Crippen LogP contribution in [-0.2, 0) is 6.54 Å². The Morgan fingerprint density at radius 3 is 2.15 bits per heavy atom. The van der Waals surface area contributed by atoms with Crippen molar-refractivity contribution >= 4 is 23.2 Å². The topological polar surface area (TPSA) is 84.4 Å². The van der Waals surface area contributed by atoms with Crippen molar-refractivity contribution in [3.05, 3.63) is 69.4 Å². The Bertz CT molecular complexity index is 1370. The average Bonchev–Trinajstić information content (AvgIpc) is 3.51. The largest absolute Gasteiger partial charge is 0.493 e. The van der Waals surface area contributed by atoms with Gasteiger partial charge in [0.2, 0.25) is 5.75 Å². The third-order valence-electron chi connectivity index (χ3n) is 7.79. The van der Waals surface area contributed by atoms with E-state index in [-0.39, 0.29) is 23.5 Å². The molecule has 0 bridgehead atoms. The third kappa shape index (κ3) is 6.31. The predicted octanol–water partition coefficient (Wildman–Crippen LogP) is 4.29. The number of thiazole rings is 1. The monoisotopic (exact) mass is 582 g/mol. The zero-order valence-corrected chi connectivity index (χ0v) is 24.4. The van der Waals surface area contributed by atoms with Crippen LogP contribution in [0.4, 0.5) is 4.39 Å². The number of hydrogen-bond acceptors (Lipinski definition) is 8. The normalized spacial score (nSPS) is 16.5. The minimum absolute atomic E-state index is 0.0397. The second-order valence-electron chi connectivity index (χ2n) is 10.2. The molecule has 2 fully saturated rings. The van der Waals surface area contributed by atoms with Gasteiger partial charge in [-0.1, -0.05) is 12.1 Å². The number of nitrogens with zero attached hydrogens (tertiary/aromatic N) is 4. The van der Waals surface area contributed by atoms with Crippen molar-refractivity contribution in [3.8, 4) is 17.2 Å². The number of piperazine rings is 1. The van der Waals surface area contributed by atoms with Crippen LogP contribution >= 0.6 is 11.3 Å². The van der Waals surface area contributed by atoms with Gasteiger partial charge in [0.25, 0.3) is 11.8 Å². The van der Waals surface area contributed by atoms with Crippen molar-refractivity contribution in [2.75, 3.05) is 60.6 Å². The average molecular weight is 583 g/mol. The fourth-order valence-electron chi connectivity index (χ4n) is 5.46. The van der Waals surface area contributed by atoms with E-state index in [1.165, 1.54) is 37.7 Å². The second-order valence-corrected chi connectivity index (χ2v) is 11.1. The summed E-state index contributed by atoms with van der Waals surface area (Å²) in [5, 5.41) is 2.80. The fourth-order valence-corrected chi connectivity index (χ4v) is 6.43. The Labute approximate surface area is 243 Å². The van der Waals surface area contributed by atoms with Crippen molar-refractivity contribution in [2.45, 2.75) is 25.3 Å². The van der Waals surface area contributed by atoms with E-state index in [1.54, 1.807) is 31.4 Å². The van der Waals surface area contributed by atoms with Crippen molar-refractivity contribution in [1.82, 2.24) is 19.7 Å². The maximum atomic E-state index is 13.4. The fraction of sp³-hybridized carbons (Fsp3) is 0.433. The van der Waals surface area contributed by atoms with Gasteiger partial charge in [0.15, 0.2) is 11.5 Å². The lowest BCUT2D eigenvalue weighted by atomic mass is 9.96. The first kappa shape index (κ1) is 28.8. The number of methoxy groups -OCH3 is 3. The SMILES string of the molecule is COc1ccc(C(=O)N2CCC(c3nc(C(=O)N4CCN(Cc5ccc(F)cc5)CC4)cs3)CC2)c(OC)c1OC. The summed E-state index contributed by atoms with van der Waals surface area (Å²) < 4.78 is 29.5. The highest BCUT2D eigenvalue weighted by Gasteiger charge is 2.31. The minimum atomic E-state index is -0.235. The summed E-state index contributed by atoms with van der Waals surface area (Å²) in [7, 11) is 4.57. The molecule has 0 atom stereocenters. The minimum Gasteiger partial charge on any atom is -0.493 e. The number of piperidine rings is 1. The van der Waals surface area contributed by atoms with Gasteiger partial charge in [-0.05, 0) is 42.7 Å². The van der Waals surface area contributed by atoms with E-state index in [1.807, 2.05) is 15.2 Å². The summed E-state index contributed by atoms with van der Waals surface area (Å²) in [6.07, 6.45) is 1.54. The van der Waals surface area contributed by atoms with E-state index in [9.17, 15) is 14.0 Å². The second kappa shape index (κ2) is 12.9. The van der Waals surface area contributed by atoms with Crippen LogP contribution < -0.4 is 14.2 Å². The quantitative estimate of drug-likeness (QED) is 0.392. The molecule has 2 saturated heterocycles. The number of likely N-dealkylation sites (tertiary alicyclic amines) is 1. The molecule has 11 heteroatoms. The van der Waals surface area contributed by atoms with Gasteiger partial charge >= 0.3 is 0 Å². The van der Waals surface area contributed by atoms with Gasteiger partial charge < -0.3 is 24.0 Å². The van der Waals surface area contributed by atoms with E-state index in [2.05, 4.69) is 4.90 Å². The molecule has 2 aliphatic heterocycles. The molecular formula is C30H35FN4O5S. The number of carbonyl (C=O) groups excluding carboxylic acids is 2. The van der Waals surface area contributed by atoms with E-state index < -0.39 is 0 Å². The first-order valence-electron chi connectivity index (χ1n) is 13.7. The van der Waals surface area contributed by atoms with Crippen molar-refractivity contribution in [3.63, 3.8) is 0 Å². The van der Waals surface area contributed by atoms with Gasteiger partial charge in [0, 0.05) is 57.1 Å². The smallest absolute Gasteiger partial charge is 0.273 e. The molecule has 5 rings (SSSR count). The van der Waals surface area contributed by atoms with E-state index >= 15 is 0 Å². The lowest BCUT2D eigenvalue weighted by Gasteiger charge is -2.34. The lowest BCUT2D eigenvalue weighted by molar-refractivity contribution is 0.0623. The molecule has 3 heterocycles. The number of amides is 2. The first-order valence-corrected chi connectivity index (χ1v) is 14.6. The van der Waals surface area contributed by atoms with Crippen molar-refractivity contribution < 1.29 is 28.2 Å². The van der Waals surface area contributed by atoms with Gasteiger partial charge in [0.1, 0.15) is 11.5 Å². The number of benzene rings is 2. The summed E-state index contributed by atoms with van der Waals surface area (Å²) in [6.45, 7) is 4.69. The van der Waals surface area contributed by atoms with Crippen molar-refractivity contribution in [2.24, 2.45) is 0 Å². The number of aromatic nitrogens is 1. The Balaban J connectivity index is 1.14. The molecule has 0 radical (unpaired) electrons. The van der Waals surface area contributed by atoms with Gasteiger partial charge in [-0.3, -0.25) is 14.5 Å². The van der Waals surface area contributed by atoms with Gasteiger partial charge in [-0.25, -0.2) is 9.37 Å². The molecule has 2 aromatic carbocycles. The Morgan fingerprint density at radius 1 is 0.854 bits per heavy atom. The standard InChI is InChI=1S/C30H35FN4O5S/c1-38-25-9-8-23(26(39-2)27(25)40-3)29(36)34-12-10-21(11-13-34)28-32-24(19-41-28)30(37)35-16-14-33(15-17-35)18-20-4-6-22(31)7-5-20/h4-9,19,21H,10-18H2,1-3H3. The summed E-state index contributed by atoms with van der Waals surface area (Å²) in [5.74, 6) is 1.06. The highest BCUT2D eigenvalue weighted by atomic mass is 32.1. The van der Waals surface area contributed by atoms with Gasteiger partial charge in [-0.15, -0.1) is 11.3 Å². The van der Waals surface area contributed by atoms with Crippen LogP contribution in [0.15, 0.2) is 41.8 Å². The number of rotatable bonds is 8. The molecule has 0 spiro atoms. The molecular weight excluding hydrogens is 547 g/mol. The molecule has 2 aliphatic rings. The predicted molar refractivity (Wildman–Crippen MR) is 154 cm³/mol. The number of carbonyl (C=O) groups is 2. The summed E-state index contributed by atoms with van der Waals surface area (Å²) in [6, 6.07) is 9.98. The Hall–Kier alpha value is -3.70. The zero-order chi connectivity index (χ0) is 28.9. The van der Waals surface area contributed by atoms with Crippen LogP contribution in [0, 0.1) is 5.82 Å². The first-order chi connectivity index (χ1) is 19.9. The maximum Gasteiger partial charge on any atom is 0.273 e. The van der Waals surface area contributed by atoms with Gasteiger partial charge in [0.05, 0.1) is 31.9 Å². The number of hydrogen-bond donors (Lipinski definition) is 0. The van der Waals surface area contributed by atoms with Crippen LogP contribution in [0.25, 0.3) is 0 Å². The molecule has 0 N–H and O–H groups in total. The van der Waals surface area contributed by atoms with Crippen LogP contribution in [0.3, 0.4) is 0 Å². The maximum absolute atomic E-state index is 13.4. The Morgan fingerprint density at radius 2 is 1.51 bits per heavy atom. The summed E-state index contributed by atoms with van der Waals surface area (Å²) >= 11 is 1.52. The molecule has 0 saturated carbocycles. The summed E-state index contributed by atoms with van der Waals surface area (Å²) in [5.41, 5.74) is 1.99. The van der Waals surface area contributed by atoms with Crippen LogP contribution in [-0.4, -0.2) is 92.1 Å². The molecule has 0 unspecified atom stereocenters. The molecule has 218 valence electrons. The van der Waals surface area contributed by atoms with Crippen molar-refractivity contribution in [1.29, 1.82) is 0 Å². The Kier molecular flexibility index (Phi) is 9.04. The zero-order valence-electron chi connectivity index (χ0n) is 23.6. The van der Waals surface area contributed by atoms with E-state index in [0.29, 0.717) is 54.7 Å². The molecule has 1 aromatic heterocycles. The summed E-state index contributed by atoms with van der Waals surface area (Å²) in [4.78, 5) is 37.2. The lowest BCUT2D eigenvalue weighted by Crippen LogP contribution is -2.48. The van der Waals surface area contributed by atoms with Crippen LogP contribution in [0.5, 0.6) is 17.2 Å². The number of halogens is 1. The molecule has 2 amide bonds. The van der Waals surface area contributed by atoms with Crippen LogP contribution in [0.2, 0.25) is 0 Å². The van der Waals surface area contributed by atoms with E-state index in [4.69, 9.17) is 19.2 Å². The molecule has 9 nitrogen and oxygen atoms in total. The number of ether oxygens (including phenoxy) is 3. The third-order valence-corrected chi connectivity index (χ3v) is 8.79. The highest BCUT2D eigenvalue weighted by molar-refractivity contribution is 7.09.